The molecule has 28 heavy (non-hydrogen) atoms. The Labute approximate surface area is 168 Å². The number of amides is 1. The predicted molar refractivity (Wildman–Crippen MR) is 109 cm³/mol. The fraction of sp³-hybridized carbons (Fsp3) is 0.682. The molecule has 6 nitrogen and oxygen atoms in total. The minimum Gasteiger partial charge on any atom is -0.489 e. The highest BCUT2D eigenvalue weighted by atomic mass is 16.5. The van der Waals surface area contributed by atoms with Crippen LogP contribution in [-0.4, -0.2) is 91.8 Å². The summed E-state index contributed by atoms with van der Waals surface area (Å²) in [5.74, 6) is 1.19. The molecule has 4 rings (SSSR count). The summed E-state index contributed by atoms with van der Waals surface area (Å²) < 4.78 is 11.8. The highest BCUT2D eigenvalue weighted by molar-refractivity contribution is 5.82. The lowest BCUT2D eigenvalue weighted by Gasteiger charge is -2.36. The van der Waals surface area contributed by atoms with Crippen LogP contribution >= 0.6 is 0 Å². The average Bonchev–Trinajstić information content (AvgIpc) is 3.02. The van der Waals surface area contributed by atoms with Gasteiger partial charge in [0.2, 0.25) is 5.91 Å². The second-order valence-corrected chi connectivity index (χ2v) is 8.33. The zero-order chi connectivity index (χ0) is 19.3. The fourth-order valence-electron chi connectivity index (χ4n) is 4.74. The van der Waals surface area contributed by atoms with E-state index in [0.717, 1.165) is 77.4 Å². The molecule has 2 atom stereocenters. The van der Waals surface area contributed by atoms with Crippen molar-refractivity contribution in [1.29, 1.82) is 0 Å². The van der Waals surface area contributed by atoms with Gasteiger partial charge in [0.15, 0.2) is 0 Å². The van der Waals surface area contributed by atoms with Gasteiger partial charge in [-0.05, 0) is 45.0 Å². The van der Waals surface area contributed by atoms with E-state index in [1.807, 2.05) is 30.3 Å². The highest BCUT2D eigenvalue weighted by Crippen LogP contribution is 2.29. The third kappa shape index (κ3) is 4.67. The maximum Gasteiger partial charge on any atom is 0.240 e. The maximum absolute atomic E-state index is 13.5. The molecule has 1 aromatic carbocycles. The van der Waals surface area contributed by atoms with Crippen LogP contribution in [0.15, 0.2) is 30.3 Å². The molecule has 154 valence electrons. The molecule has 0 unspecified atom stereocenters. The zero-order valence-corrected chi connectivity index (χ0v) is 17.0. The Morgan fingerprint density at radius 2 is 1.86 bits per heavy atom. The third-order valence-electron chi connectivity index (χ3n) is 6.32. The molecule has 0 aliphatic carbocycles. The number of hydrogen-bond donors (Lipinski definition) is 0. The van der Waals surface area contributed by atoms with E-state index < -0.39 is 0 Å². The lowest BCUT2D eigenvalue weighted by Crippen LogP contribution is -2.51. The van der Waals surface area contributed by atoms with Crippen molar-refractivity contribution < 1.29 is 14.3 Å². The Bertz CT molecular complexity index is 635. The van der Waals surface area contributed by atoms with Gasteiger partial charge in [-0.3, -0.25) is 9.69 Å². The Kier molecular flexibility index (Phi) is 6.50. The zero-order valence-electron chi connectivity index (χ0n) is 17.0. The lowest BCUT2D eigenvalue weighted by molar-refractivity contribution is -0.137. The van der Waals surface area contributed by atoms with Crippen LogP contribution in [-0.2, 0) is 9.53 Å². The highest BCUT2D eigenvalue weighted by Gasteiger charge is 2.43. The van der Waals surface area contributed by atoms with Crippen molar-refractivity contribution >= 4 is 5.91 Å². The van der Waals surface area contributed by atoms with Gasteiger partial charge in [-0.2, -0.15) is 0 Å². The Morgan fingerprint density at radius 3 is 2.64 bits per heavy atom. The van der Waals surface area contributed by atoms with Crippen molar-refractivity contribution in [3.05, 3.63) is 30.3 Å². The van der Waals surface area contributed by atoms with E-state index in [0.29, 0.717) is 11.9 Å². The Balaban J connectivity index is 1.47. The number of likely N-dealkylation sites (tertiary alicyclic amines) is 1. The number of para-hydroxylation sites is 1. The van der Waals surface area contributed by atoms with Crippen LogP contribution in [0.2, 0.25) is 0 Å². The van der Waals surface area contributed by atoms with Crippen molar-refractivity contribution in [2.75, 3.05) is 53.0 Å². The van der Waals surface area contributed by atoms with Gasteiger partial charge in [0, 0.05) is 51.9 Å². The van der Waals surface area contributed by atoms with Crippen LogP contribution in [0.4, 0.5) is 0 Å². The van der Waals surface area contributed by atoms with Gasteiger partial charge >= 0.3 is 0 Å². The van der Waals surface area contributed by atoms with Crippen molar-refractivity contribution in [3.63, 3.8) is 0 Å². The lowest BCUT2D eigenvalue weighted by atomic mass is 10.1. The molecule has 1 amide bonds. The van der Waals surface area contributed by atoms with Crippen LogP contribution in [0.25, 0.3) is 0 Å². The van der Waals surface area contributed by atoms with Crippen molar-refractivity contribution in [1.82, 2.24) is 14.7 Å². The van der Waals surface area contributed by atoms with E-state index in [2.05, 4.69) is 21.7 Å². The number of likely N-dealkylation sites (N-methyl/N-ethyl adjacent to an activating group) is 1. The first-order valence-electron chi connectivity index (χ1n) is 10.7. The van der Waals surface area contributed by atoms with Crippen LogP contribution in [0.5, 0.6) is 5.75 Å². The molecule has 0 saturated carbocycles. The maximum atomic E-state index is 13.5. The average molecular weight is 388 g/mol. The molecule has 3 aliphatic rings. The summed E-state index contributed by atoms with van der Waals surface area (Å²) in [6.07, 6.45) is 3.90. The van der Waals surface area contributed by atoms with Crippen LogP contribution < -0.4 is 4.74 Å². The van der Waals surface area contributed by atoms with Crippen LogP contribution in [0, 0.1) is 0 Å². The summed E-state index contributed by atoms with van der Waals surface area (Å²) in [7, 11) is 2.14. The summed E-state index contributed by atoms with van der Waals surface area (Å²) in [5.41, 5.74) is 0. The number of rotatable bonds is 4. The topological polar surface area (TPSA) is 45.2 Å². The van der Waals surface area contributed by atoms with Gasteiger partial charge in [0.25, 0.3) is 0 Å². The molecule has 0 N–H and O–H groups in total. The molecule has 3 heterocycles. The Hall–Kier alpha value is -1.63. The molecule has 6 heteroatoms. The van der Waals surface area contributed by atoms with Gasteiger partial charge in [-0.15, -0.1) is 0 Å². The van der Waals surface area contributed by atoms with Crippen molar-refractivity contribution in [3.8, 4) is 5.75 Å². The van der Waals surface area contributed by atoms with E-state index in [9.17, 15) is 4.79 Å². The van der Waals surface area contributed by atoms with Gasteiger partial charge in [-0.25, -0.2) is 0 Å². The minimum atomic E-state index is -0.0692. The molecule has 1 aromatic rings. The molecule has 3 fully saturated rings. The normalized spacial score (nSPS) is 28.2. The molecule has 3 aliphatic heterocycles. The van der Waals surface area contributed by atoms with Gasteiger partial charge < -0.3 is 19.3 Å². The first-order chi connectivity index (χ1) is 13.7. The molecule has 0 aromatic heterocycles. The summed E-state index contributed by atoms with van der Waals surface area (Å²) >= 11 is 0. The molecular formula is C22H33N3O3. The molecule has 0 bridgehead atoms. The molecular weight excluding hydrogens is 354 g/mol. The first-order valence-corrected chi connectivity index (χ1v) is 10.7. The smallest absolute Gasteiger partial charge is 0.240 e. The number of benzene rings is 1. The van der Waals surface area contributed by atoms with Crippen LogP contribution in [0.3, 0.4) is 0 Å². The number of carbonyl (C=O) groups is 1. The minimum absolute atomic E-state index is 0.0637. The summed E-state index contributed by atoms with van der Waals surface area (Å²) in [6, 6.07) is 10.3. The number of nitrogens with zero attached hydrogens (tertiary/aromatic N) is 3. The SMILES string of the molecule is CN1CCCN(C(=O)[C@@H]2C[C@H](Oc3ccccc3)CN2C2CCOCC2)CC1. The largest absolute Gasteiger partial charge is 0.489 e. The van der Waals surface area contributed by atoms with Gasteiger partial charge in [0.05, 0.1) is 6.04 Å². The van der Waals surface area contributed by atoms with E-state index >= 15 is 0 Å². The monoisotopic (exact) mass is 387 g/mol. The molecule has 0 spiro atoms. The number of hydrogen-bond acceptors (Lipinski definition) is 5. The summed E-state index contributed by atoms with van der Waals surface area (Å²) in [6.45, 7) is 6.13. The van der Waals surface area contributed by atoms with Crippen molar-refractivity contribution in [2.45, 2.75) is 43.9 Å². The number of ether oxygens (including phenoxy) is 2. The molecule has 0 radical (unpaired) electrons. The second-order valence-electron chi connectivity index (χ2n) is 8.33. The predicted octanol–water partition coefficient (Wildman–Crippen LogP) is 1.85. The molecule has 3 saturated heterocycles. The van der Waals surface area contributed by atoms with E-state index in [1.165, 1.54) is 0 Å². The quantitative estimate of drug-likeness (QED) is 0.789. The standard InChI is InChI=1S/C22H33N3O3/c1-23-10-5-11-24(13-12-23)22(26)21-16-20(28-19-6-3-2-4-7-19)17-25(21)18-8-14-27-15-9-18/h2-4,6-7,18,20-21H,5,8-17H2,1H3/t20-,21-/m0/s1. The van der Waals surface area contributed by atoms with Crippen LogP contribution in [0.1, 0.15) is 25.7 Å². The third-order valence-corrected chi connectivity index (χ3v) is 6.32. The summed E-state index contributed by atoms with van der Waals surface area (Å²) in [5, 5.41) is 0. The van der Waals surface area contributed by atoms with E-state index in [1.54, 1.807) is 0 Å². The first kappa shape index (κ1) is 19.7. The van der Waals surface area contributed by atoms with E-state index in [4.69, 9.17) is 9.47 Å². The second kappa shape index (κ2) is 9.25. The van der Waals surface area contributed by atoms with Gasteiger partial charge in [0.1, 0.15) is 11.9 Å². The van der Waals surface area contributed by atoms with Crippen molar-refractivity contribution in [2.24, 2.45) is 0 Å². The number of carbonyl (C=O) groups excluding carboxylic acids is 1. The summed E-state index contributed by atoms with van der Waals surface area (Å²) in [4.78, 5) is 20.3. The fourth-order valence-corrected chi connectivity index (χ4v) is 4.74. The van der Waals surface area contributed by atoms with Gasteiger partial charge in [-0.1, -0.05) is 18.2 Å². The van der Waals surface area contributed by atoms with E-state index in [-0.39, 0.29) is 12.1 Å². The Morgan fingerprint density at radius 1 is 1.07 bits per heavy atom.